The number of benzene rings is 3. The molecular weight excluding hydrogens is 270 g/mol. The third-order valence-corrected chi connectivity index (χ3v) is 3.95. The summed E-state index contributed by atoms with van der Waals surface area (Å²) in [4.78, 5) is 6.64. The van der Waals surface area contributed by atoms with Gasteiger partial charge in [0.2, 0.25) is 0 Å². The molecule has 0 bridgehead atoms. The number of aromatic amines is 1. The third-order valence-electron chi connectivity index (χ3n) is 3.95. The van der Waals surface area contributed by atoms with Gasteiger partial charge in [-0.2, -0.15) is 0 Å². The molecule has 0 aliphatic carbocycles. The molecule has 0 saturated carbocycles. The molecule has 0 unspecified atom stereocenters. The van der Waals surface area contributed by atoms with Crippen LogP contribution in [0.25, 0.3) is 38.3 Å². The molecule has 104 valence electrons. The number of hydrogen-bond acceptors (Lipinski definition) is 0. The summed E-state index contributed by atoms with van der Waals surface area (Å²) < 4.78 is 0. The predicted octanol–water partition coefficient (Wildman–Crippen LogP) is 4.12. The molecule has 0 aliphatic heterocycles. The minimum Gasteiger partial charge on any atom is -0.497 e. The summed E-state index contributed by atoms with van der Waals surface area (Å²) in [6.07, 6.45) is 0. The van der Waals surface area contributed by atoms with Crippen LogP contribution in [0.1, 0.15) is 0 Å². The zero-order valence-electron chi connectivity index (χ0n) is 11.8. The second-order valence-corrected chi connectivity index (χ2v) is 5.25. The lowest BCUT2D eigenvalue weighted by Gasteiger charge is -2.05. The summed E-state index contributed by atoms with van der Waals surface area (Å²) in [5.74, 6) is 0. The Labute approximate surface area is 127 Å². The number of H-pyrrole nitrogens is 1. The van der Waals surface area contributed by atoms with E-state index in [1.54, 1.807) is 0 Å². The average molecular weight is 283 g/mol. The quantitative estimate of drug-likeness (QED) is 0.403. The van der Waals surface area contributed by atoms with Crippen molar-refractivity contribution >= 4 is 21.7 Å². The fourth-order valence-corrected chi connectivity index (χ4v) is 2.90. The van der Waals surface area contributed by atoms with E-state index in [0.717, 1.165) is 32.8 Å². The number of nitrogens with one attached hydrogen (secondary N) is 1. The van der Waals surface area contributed by atoms with Crippen molar-refractivity contribution in [2.24, 2.45) is 0 Å². The number of hydrogen-bond donors (Lipinski definition) is 1. The topological polar surface area (TPSA) is 52.2 Å². The molecule has 0 saturated heterocycles. The highest BCUT2D eigenvalue weighted by atomic mass is 14.9. The Morgan fingerprint density at radius 1 is 0.727 bits per heavy atom. The van der Waals surface area contributed by atoms with Gasteiger partial charge in [-0.15, -0.1) is 0 Å². The lowest BCUT2D eigenvalue weighted by atomic mass is 9.98. The molecule has 0 fully saturated rings. The normalized spacial score (nSPS) is 10.7. The third kappa shape index (κ3) is 1.93. The van der Waals surface area contributed by atoms with E-state index in [9.17, 15) is 5.53 Å². The van der Waals surface area contributed by atoms with E-state index in [4.69, 9.17) is 0 Å². The van der Waals surface area contributed by atoms with Gasteiger partial charge in [0.25, 0.3) is 0 Å². The Bertz CT molecular complexity index is 1080. The number of rotatable bonds is 1. The first-order valence-electron chi connectivity index (χ1n) is 7.15. The SMILES string of the molecule is [N-]=[N+]=c1[nH]c2ccccc2cc1-c1cccc2ccccc12. The fourth-order valence-electron chi connectivity index (χ4n) is 2.90. The molecule has 1 aromatic heterocycles. The molecule has 0 atom stereocenters. The van der Waals surface area contributed by atoms with Crippen LogP contribution in [0.15, 0.2) is 72.8 Å². The summed E-state index contributed by atoms with van der Waals surface area (Å²) in [6, 6.07) is 24.4. The standard InChI is InChI=1S/C19H13N3/c20-22-19-17(12-14-7-2-4-11-18(14)21-19)16-10-5-8-13-6-1-3-9-15(13)16/h1-12,21H. The largest absolute Gasteiger partial charge is 0.497 e. The Hall–Kier alpha value is -3.16. The Morgan fingerprint density at radius 3 is 2.32 bits per heavy atom. The van der Waals surface area contributed by atoms with Gasteiger partial charge in [0, 0.05) is 5.39 Å². The summed E-state index contributed by atoms with van der Waals surface area (Å²) in [6.45, 7) is 0. The molecule has 4 aromatic rings. The predicted molar refractivity (Wildman–Crippen MR) is 88.0 cm³/mol. The Morgan fingerprint density at radius 2 is 1.45 bits per heavy atom. The number of aromatic nitrogens is 1. The molecule has 0 aliphatic rings. The van der Waals surface area contributed by atoms with Crippen LogP contribution in [0.5, 0.6) is 0 Å². The molecule has 3 heteroatoms. The maximum atomic E-state index is 9.41. The van der Waals surface area contributed by atoms with Gasteiger partial charge in [-0.05, 0) is 28.5 Å². The highest BCUT2D eigenvalue weighted by molar-refractivity contribution is 5.97. The molecule has 1 N–H and O–H groups in total. The van der Waals surface area contributed by atoms with Crippen molar-refractivity contribution in [1.29, 1.82) is 0 Å². The van der Waals surface area contributed by atoms with E-state index in [1.165, 1.54) is 0 Å². The van der Waals surface area contributed by atoms with Crippen LogP contribution in [0.2, 0.25) is 0 Å². The van der Waals surface area contributed by atoms with Crippen LogP contribution in [0.4, 0.5) is 0 Å². The van der Waals surface area contributed by atoms with Crippen molar-refractivity contribution < 1.29 is 4.79 Å². The van der Waals surface area contributed by atoms with Crippen molar-refractivity contribution in [2.75, 3.05) is 0 Å². The zero-order chi connectivity index (χ0) is 14.9. The van der Waals surface area contributed by atoms with E-state index in [-0.39, 0.29) is 0 Å². The average Bonchev–Trinajstić information content (AvgIpc) is 2.60. The molecule has 1 heterocycles. The second kappa shape index (κ2) is 4.99. The second-order valence-electron chi connectivity index (χ2n) is 5.25. The van der Waals surface area contributed by atoms with E-state index >= 15 is 0 Å². The number of para-hydroxylation sites is 1. The van der Waals surface area contributed by atoms with Gasteiger partial charge in [0.15, 0.2) is 0 Å². The zero-order valence-corrected chi connectivity index (χ0v) is 11.8. The number of fused-ring (bicyclic) bond motifs is 2. The molecule has 0 radical (unpaired) electrons. The minimum atomic E-state index is 0.468. The van der Waals surface area contributed by atoms with Gasteiger partial charge in [-0.3, -0.25) is 0 Å². The highest BCUT2D eigenvalue weighted by Gasteiger charge is 2.11. The van der Waals surface area contributed by atoms with Gasteiger partial charge < -0.3 is 10.3 Å². The maximum absolute atomic E-state index is 9.41. The van der Waals surface area contributed by atoms with Crippen molar-refractivity contribution in [3.63, 3.8) is 0 Å². The Balaban J connectivity index is 2.14. The molecule has 22 heavy (non-hydrogen) atoms. The summed E-state index contributed by atoms with van der Waals surface area (Å²) in [5, 5.41) is 3.38. The van der Waals surface area contributed by atoms with Crippen LogP contribution in [0.3, 0.4) is 0 Å². The van der Waals surface area contributed by atoms with E-state index < -0.39 is 0 Å². The number of pyridine rings is 1. The monoisotopic (exact) mass is 283 g/mol. The van der Waals surface area contributed by atoms with Crippen LogP contribution in [-0.4, -0.2) is 9.77 Å². The van der Waals surface area contributed by atoms with Crippen molar-refractivity contribution in [1.82, 2.24) is 4.98 Å². The molecular formula is C19H13N3. The molecule has 4 rings (SSSR count). The van der Waals surface area contributed by atoms with Crippen LogP contribution < -0.4 is 5.49 Å². The molecule has 3 nitrogen and oxygen atoms in total. The lowest BCUT2D eigenvalue weighted by Crippen LogP contribution is -2.12. The summed E-state index contributed by atoms with van der Waals surface area (Å²) in [7, 11) is 0. The van der Waals surface area contributed by atoms with Crippen LogP contribution in [0, 0.1) is 0 Å². The van der Waals surface area contributed by atoms with Gasteiger partial charge in [-0.25, -0.2) is 4.98 Å². The fraction of sp³-hybridized carbons (Fsp3) is 0. The van der Waals surface area contributed by atoms with E-state index in [1.807, 2.05) is 42.5 Å². The van der Waals surface area contributed by atoms with Gasteiger partial charge >= 0.3 is 5.49 Å². The van der Waals surface area contributed by atoms with E-state index in [0.29, 0.717) is 5.49 Å². The molecule has 0 spiro atoms. The highest BCUT2D eigenvalue weighted by Crippen LogP contribution is 2.27. The molecule has 3 aromatic carbocycles. The number of nitrogens with zero attached hydrogens (tertiary/aromatic N) is 2. The smallest absolute Gasteiger partial charge is 0.365 e. The Kier molecular flexibility index (Phi) is 2.85. The summed E-state index contributed by atoms with van der Waals surface area (Å²) >= 11 is 0. The van der Waals surface area contributed by atoms with E-state index in [2.05, 4.69) is 40.1 Å². The molecule has 0 amide bonds. The lowest BCUT2D eigenvalue weighted by molar-refractivity contribution is -0.0705. The van der Waals surface area contributed by atoms with Crippen molar-refractivity contribution in [3.8, 4) is 11.1 Å². The first-order chi connectivity index (χ1) is 10.9. The first kappa shape index (κ1) is 12.6. The maximum Gasteiger partial charge on any atom is 0.365 e. The first-order valence-corrected chi connectivity index (χ1v) is 7.15. The van der Waals surface area contributed by atoms with Gasteiger partial charge in [0.1, 0.15) is 5.52 Å². The van der Waals surface area contributed by atoms with Crippen LogP contribution in [-0.2, 0) is 0 Å². The van der Waals surface area contributed by atoms with Gasteiger partial charge in [-0.1, -0.05) is 60.7 Å². The van der Waals surface area contributed by atoms with Crippen molar-refractivity contribution in [3.05, 3.63) is 83.8 Å². The van der Waals surface area contributed by atoms with Gasteiger partial charge in [0.05, 0.1) is 5.56 Å². The van der Waals surface area contributed by atoms with Crippen molar-refractivity contribution in [2.45, 2.75) is 0 Å². The van der Waals surface area contributed by atoms with Crippen LogP contribution >= 0.6 is 0 Å². The minimum absolute atomic E-state index is 0.468. The summed E-state index contributed by atoms with van der Waals surface area (Å²) in [5.41, 5.74) is 12.8.